The van der Waals surface area contributed by atoms with Crippen molar-refractivity contribution in [3.05, 3.63) is 0 Å². The number of carbonyl (C=O) groups is 2. The second kappa shape index (κ2) is 9.41. The normalized spacial score (nSPS) is 44.1. The van der Waals surface area contributed by atoms with Crippen molar-refractivity contribution in [2.24, 2.45) is 0 Å². The molecule has 2 saturated heterocycles. The average molecular weight is 409 g/mol. The van der Waals surface area contributed by atoms with Gasteiger partial charge in [0.2, 0.25) is 5.91 Å². The Labute approximate surface area is 160 Å². The zero-order valence-electron chi connectivity index (χ0n) is 15.7. The minimum absolute atomic E-state index is 0.447. The van der Waals surface area contributed by atoms with Crippen molar-refractivity contribution in [1.29, 1.82) is 0 Å². The van der Waals surface area contributed by atoms with Gasteiger partial charge in [0.1, 0.15) is 36.6 Å². The van der Waals surface area contributed by atoms with E-state index in [2.05, 4.69) is 5.32 Å². The van der Waals surface area contributed by atoms with Gasteiger partial charge in [0.15, 0.2) is 12.4 Å². The van der Waals surface area contributed by atoms with E-state index in [0.29, 0.717) is 0 Å². The van der Waals surface area contributed by atoms with Crippen molar-refractivity contribution in [3.63, 3.8) is 0 Å². The highest BCUT2D eigenvalue weighted by atomic mass is 16.7. The summed E-state index contributed by atoms with van der Waals surface area (Å²) in [7, 11) is 1.16. The monoisotopic (exact) mass is 409 g/mol. The molecule has 2 heterocycles. The third-order valence-corrected chi connectivity index (χ3v) is 4.87. The van der Waals surface area contributed by atoms with Crippen LogP contribution in [0.3, 0.4) is 0 Å². The third kappa shape index (κ3) is 4.60. The molecule has 0 saturated carbocycles. The lowest BCUT2D eigenvalue weighted by molar-refractivity contribution is -0.327. The lowest BCUT2D eigenvalue weighted by atomic mass is 9.92. The number of carbonyl (C=O) groups excluding carboxylic acids is 1. The molecular weight excluding hydrogens is 382 g/mol. The number of carboxylic acids is 1. The number of aliphatic carboxylic acids is 1. The quantitative estimate of drug-likeness (QED) is 0.256. The van der Waals surface area contributed by atoms with Gasteiger partial charge in [0, 0.05) is 14.0 Å². The van der Waals surface area contributed by atoms with Crippen LogP contribution in [0, 0.1) is 0 Å². The fourth-order valence-electron chi connectivity index (χ4n) is 3.45. The van der Waals surface area contributed by atoms with Crippen LogP contribution in [0.25, 0.3) is 0 Å². The molecule has 0 aromatic heterocycles. The van der Waals surface area contributed by atoms with Gasteiger partial charge in [-0.2, -0.15) is 0 Å². The minimum Gasteiger partial charge on any atom is -0.479 e. The van der Waals surface area contributed by atoms with Crippen LogP contribution in [0.15, 0.2) is 0 Å². The molecule has 0 bridgehead atoms. The van der Waals surface area contributed by atoms with E-state index >= 15 is 0 Å². The summed E-state index contributed by atoms with van der Waals surface area (Å²) in [6.07, 6.45) is -12.4. The Balaban J connectivity index is 2.26. The van der Waals surface area contributed by atoms with Gasteiger partial charge in [0.25, 0.3) is 0 Å². The molecule has 0 aromatic rings. The summed E-state index contributed by atoms with van der Waals surface area (Å²) in [6.45, 7) is 2.28. The second-order valence-electron chi connectivity index (χ2n) is 6.82. The summed E-state index contributed by atoms with van der Waals surface area (Å²) in [5.41, 5.74) is 0. The van der Waals surface area contributed by atoms with Gasteiger partial charge in [-0.1, -0.05) is 0 Å². The summed E-state index contributed by atoms with van der Waals surface area (Å²) >= 11 is 0. The molecule has 0 aliphatic carbocycles. The van der Waals surface area contributed by atoms with Gasteiger partial charge in [-0.3, -0.25) is 4.79 Å². The van der Waals surface area contributed by atoms with Crippen LogP contribution >= 0.6 is 0 Å². The Morgan fingerprint density at radius 3 is 2.21 bits per heavy atom. The van der Waals surface area contributed by atoms with Crippen LogP contribution < -0.4 is 5.32 Å². The molecule has 2 aliphatic rings. The molecule has 10 atom stereocenters. The van der Waals surface area contributed by atoms with Crippen LogP contribution in [-0.2, 0) is 28.5 Å². The molecule has 2 rings (SSSR count). The van der Waals surface area contributed by atoms with Gasteiger partial charge in [-0.15, -0.1) is 0 Å². The van der Waals surface area contributed by atoms with E-state index in [1.807, 2.05) is 0 Å². The number of methoxy groups -OCH3 is 1. The van der Waals surface area contributed by atoms with Crippen LogP contribution in [0.2, 0.25) is 0 Å². The Kier molecular flexibility index (Phi) is 7.70. The van der Waals surface area contributed by atoms with Gasteiger partial charge in [0.05, 0.1) is 18.8 Å². The highest BCUT2D eigenvalue weighted by Crippen LogP contribution is 2.30. The Morgan fingerprint density at radius 1 is 1.07 bits per heavy atom. The van der Waals surface area contributed by atoms with Crippen molar-refractivity contribution in [1.82, 2.24) is 5.32 Å². The minimum atomic E-state index is -1.70. The first-order valence-electron chi connectivity index (χ1n) is 8.76. The van der Waals surface area contributed by atoms with Gasteiger partial charge in [-0.25, -0.2) is 4.79 Å². The van der Waals surface area contributed by atoms with Crippen LogP contribution in [0.1, 0.15) is 13.8 Å². The van der Waals surface area contributed by atoms with Crippen molar-refractivity contribution in [2.75, 3.05) is 13.7 Å². The molecule has 0 radical (unpaired) electrons. The number of ether oxygens (including phenoxy) is 4. The molecule has 0 aromatic carbocycles. The fraction of sp³-hybridized carbons (Fsp3) is 0.875. The standard InChI is InChI=1S/C16H27NO11/c1-5-8(17-6(2)19)12(9(20)7(4-18)26-5)27-16-11(22)10(21)13(25-3)14(28-16)15(23)24/h5,7-14,16,18,20-22H,4H2,1-3H3,(H,17,19)(H,23,24)/t5-,7?,8?,9-,10-,11?,12-,13+,14?,16+/m1/s1. The average Bonchev–Trinajstić information content (AvgIpc) is 2.63. The molecule has 6 N–H and O–H groups in total. The predicted octanol–water partition coefficient (Wildman–Crippen LogP) is -3.44. The summed E-state index contributed by atoms with van der Waals surface area (Å²) in [5.74, 6) is -1.89. The Hall–Kier alpha value is -1.38. The molecule has 0 spiro atoms. The largest absolute Gasteiger partial charge is 0.479 e. The summed E-state index contributed by atoms with van der Waals surface area (Å²) in [5, 5.41) is 52.2. The van der Waals surface area contributed by atoms with Crippen LogP contribution in [-0.4, -0.2) is 112 Å². The molecule has 2 aliphatic heterocycles. The van der Waals surface area contributed by atoms with E-state index in [0.717, 1.165) is 7.11 Å². The highest BCUT2D eigenvalue weighted by molar-refractivity contribution is 5.73. The number of nitrogens with one attached hydrogen (secondary N) is 1. The number of hydrogen-bond donors (Lipinski definition) is 6. The molecule has 2 fully saturated rings. The SMILES string of the molecule is CO[C@@H]1C(C(=O)O)O[C@H](O[C@@H]2C(NC(C)=O)[C@@H](C)OC(CO)[C@H]2O)C(O)[C@H]1O. The Bertz CT molecular complexity index is 561. The maximum atomic E-state index is 11.5. The molecule has 4 unspecified atom stereocenters. The van der Waals surface area contributed by atoms with Crippen molar-refractivity contribution in [3.8, 4) is 0 Å². The summed E-state index contributed by atoms with van der Waals surface area (Å²) in [4.78, 5) is 23.0. The Morgan fingerprint density at radius 2 is 1.71 bits per heavy atom. The number of amides is 1. The van der Waals surface area contributed by atoms with E-state index in [-0.39, 0.29) is 0 Å². The maximum absolute atomic E-state index is 11.5. The lowest BCUT2D eigenvalue weighted by Crippen LogP contribution is -2.67. The lowest BCUT2D eigenvalue weighted by Gasteiger charge is -2.47. The fourth-order valence-corrected chi connectivity index (χ4v) is 3.45. The number of carboxylic acid groups (broad SMARTS) is 1. The number of rotatable bonds is 6. The third-order valence-electron chi connectivity index (χ3n) is 4.87. The molecule has 162 valence electrons. The first-order valence-corrected chi connectivity index (χ1v) is 8.76. The van der Waals surface area contributed by atoms with E-state index in [1.165, 1.54) is 6.92 Å². The molecular formula is C16H27NO11. The highest BCUT2D eigenvalue weighted by Gasteiger charge is 2.52. The maximum Gasteiger partial charge on any atom is 0.335 e. The van der Waals surface area contributed by atoms with E-state index in [9.17, 15) is 35.1 Å². The predicted molar refractivity (Wildman–Crippen MR) is 89.0 cm³/mol. The van der Waals surface area contributed by atoms with Crippen LogP contribution in [0.4, 0.5) is 0 Å². The van der Waals surface area contributed by atoms with E-state index in [1.54, 1.807) is 6.92 Å². The number of aliphatic hydroxyl groups is 4. The van der Waals surface area contributed by atoms with Gasteiger partial charge in [-0.05, 0) is 6.92 Å². The zero-order chi connectivity index (χ0) is 21.2. The van der Waals surface area contributed by atoms with Gasteiger partial charge < -0.3 is 49.8 Å². The topological polar surface area (TPSA) is 184 Å². The summed E-state index contributed by atoms with van der Waals surface area (Å²) in [6, 6.07) is -0.897. The molecule has 12 heteroatoms. The smallest absolute Gasteiger partial charge is 0.335 e. The van der Waals surface area contributed by atoms with Gasteiger partial charge >= 0.3 is 5.97 Å². The summed E-state index contributed by atoms with van der Waals surface area (Å²) < 4.78 is 21.2. The molecule has 1 amide bonds. The second-order valence-corrected chi connectivity index (χ2v) is 6.82. The van der Waals surface area contributed by atoms with Crippen molar-refractivity contribution < 1.29 is 54.1 Å². The zero-order valence-corrected chi connectivity index (χ0v) is 15.7. The van der Waals surface area contributed by atoms with E-state index in [4.69, 9.17) is 18.9 Å². The van der Waals surface area contributed by atoms with Crippen LogP contribution in [0.5, 0.6) is 0 Å². The first-order chi connectivity index (χ1) is 13.1. The molecule has 12 nitrogen and oxygen atoms in total. The van der Waals surface area contributed by atoms with Crippen molar-refractivity contribution >= 4 is 11.9 Å². The van der Waals surface area contributed by atoms with E-state index < -0.39 is 79.6 Å². The number of aliphatic hydroxyl groups excluding tert-OH is 4. The molecule has 28 heavy (non-hydrogen) atoms. The first kappa shape index (κ1) is 22.9. The van der Waals surface area contributed by atoms with Crippen molar-refractivity contribution in [2.45, 2.75) is 75.0 Å². The number of hydrogen-bond acceptors (Lipinski definition) is 10.